The molecule has 0 bridgehead atoms. The number of carbonyl (C=O) groups excluding carboxylic acids is 1. The highest BCUT2D eigenvalue weighted by Crippen LogP contribution is 2.37. The van der Waals surface area contributed by atoms with Crippen molar-refractivity contribution in [3.63, 3.8) is 0 Å². The summed E-state index contributed by atoms with van der Waals surface area (Å²) in [4.78, 5) is 14.5. The Hall–Kier alpha value is -1.35. The molecule has 0 saturated carbocycles. The summed E-state index contributed by atoms with van der Waals surface area (Å²) in [5, 5.41) is 3.60. The van der Waals surface area contributed by atoms with E-state index < -0.39 is 0 Å². The van der Waals surface area contributed by atoms with Crippen LogP contribution < -0.4 is 5.32 Å². The molecule has 3 nitrogen and oxygen atoms in total. The van der Waals surface area contributed by atoms with E-state index in [2.05, 4.69) is 45.1 Å². The van der Waals surface area contributed by atoms with E-state index in [0.717, 1.165) is 25.2 Å². The number of fused-ring (bicyclic) bond motifs is 1. The molecule has 0 spiro atoms. The van der Waals surface area contributed by atoms with Gasteiger partial charge in [0.1, 0.15) is 0 Å². The van der Waals surface area contributed by atoms with Gasteiger partial charge in [-0.1, -0.05) is 26.8 Å². The lowest BCUT2D eigenvalue weighted by atomic mass is 9.82. The lowest BCUT2D eigenvalue weighted by Gasteiger charge is -2.23. The highest BCUT2D eigenvalue weighted by Gasteiger charge is 2.33. The predicted octanol–water partition coefficient (Wildman–Crippen LogP) is 3.38. The molecule has 114 valence electrons. The molecule has 1 aromatic carbocycles. The van der Waals surface area contributed by atoms with Gasteiger partial charge in [0.05, 0.1) is 0 Å². The van der Waals surface area contributed by atoms with Gasteiger partial charge < -0.3 is 10.2 Å². The first kappa shape index (κ1) is 14.6. The minimum Gasteiger partial charge on any atom is -0.335 e. The summed E-state index contributed by atoms with van der Waals surface area (Å²) < 4.78 is 0. The van der Waals surface area contributed by atoms with Crippen LogP contribution in [0.1, 0.15) is 73.6 Å². The van der Waals surface area contributed by atoms with Crippen LogP contribution in [0.25, 0.3) is 0 Å². The molecule has 1 amide bonds. The zero-order valence-electron chi connectivity index (χ0n) is 13.6. The van der Waals surface area contributed by atoms with Crippen LogP contribution >= 0.6 is 0 Å². The number of hydrogen-bond donors (Lipinski definition) is 1. The topological polar surface area (TPSA) is 32.3 Å². The van der Waals surface area contributed by atoms with Gasteiger partial charge in [0.2, 0.25) is 0 Å². The minimum absolute atomic E-state index is 0.0717. The molecular formula is C18H26N2O. The predicted molar refractivity (Wildman–Crippen MR) is 85.5 cm³/mol. The summed E-state index contributed by atoms with van der Waals surface area (Å²) in [5.41, 5.74) is 4.90. The molecule has 1 atom stereocenters. The fraction of sp³-hybridized carbons (Fsp3) is 0.611. The van der Waals surface area contributed by atoms with Gasteiger partial charge in [0.15, 0.2) is 0 Å². The van der Waals surface area contributed by atoms with Gasteiger partial charge in [-0.05, 0) is 54.5 Å². The average Bonchev–Trinajstić information content (AvgIpc) is 3.05. The van der Waals surface area contributed by atoms with Gasteiger partial charge in [-0.15, -0.1) is 0 Å². The minimum atomic E-state index is 0.0717. The SMILES string of the molecule is CCN1Cc2c(cc(C(C)(C)C)cc2[C@@H]2CCCN2)C1=O. The zero-order chi connectivity index (χ0) is 15.2. The van der Waals surface area contributed by atoms with E-state index in [-0.39, 0.29) is 11.3 Å². The third-order valence-electron chi connectivity index (χ3n) is 4.83. The number of carbonyl (C=O) groups is 1. The summed E-state index contributed by atoms with van der Waals surface area (Å²) in [7, 11) is 0. The summed E-state index contributed by atoms with van der Waals surface area (Å²) in [5.74, 6) is 0.206. The molecule has 2 heterocycles. The Labute approximate surface area is 127 Å². The fourth-order valence-electron chi connectivity index (χ4n) is 3.44. The monoisotopic (exact) mass is 286 g/mol. The molecule has 0 radical (unpaired) electrons. The van der Waals surface area contributed by atoms with Gasteiger partial charge in [-0.2, -0.15) is 0 Å². The van der Waals surface area contributed by atoms with Crippen molar-refractivity contribution < 1.29 is 4.79 Å². The van der Waals surface area contributed by atoms with Gasteiger partial charge in [-0.25, -0.2) is 0 Å². The molecule has 1 saturated heterocycles. The maximum atomic E-state index is 12.6. The standard InChI is InChI=1S/C18H26N2O/c1-5-20-11-15-13(16-7-6-8-19-16)9-12(18(2,3)4)10-14(15)17(20)21/h9-10,16,19H,5-8,11H2,1-4H3/t16-/m0/s1. The van der Waals surface area contributed by atoms with Gasteiger partial charge >= 0.3 is 0 Å². The Bertz CT molecular complexity index is 565. The quantitative estimate of drug-likeness (QED) is 0.904. The fourth-order valence-corrected chi connectivity index (χ4v) is 3.44. The molecule has 21 heavy (non-hydrogen) atoms. The molecule has 0 aliphatic carbocycles. The van der Waals surface area contributed by atoms with Crippen LogP contribution in [-0.2, 0) is 12.0 Å². The van der Waals surface area contributed by atoms with Gasteiger partial charge in [0.25, 0.3) is 5.91 Å². The first-order valence-electron chi connectivity index (χ1n) is 8.11. The first-order chi connectivity index (χ1) is 9.91. The van der Waals surface area contributed by atoms with Crippen molar-refractivity contribution in [2.45, 2.75) is 58.5 Å². The Morgan fingerprint density at radius 3 is 2.67 bits per heavy atom. The second kappa shape index (κ2) is 5.13. The molecule has 1 aromatic rings. The Morgan fingerprint density at radius 1 is 1.33 bits per heavy atom. The number of benzene rings is 1. The van der Waals surface area contributed by atoms with Crippen molar-refractivity contribution in [1.29, 1.82) is 0 Å². The summed E-state index contributed by atoms with van der Waals surface area (Å²) >= 11 is 0. The lowest BCUT2D eigenvalue weighted by Crippen LogP contribution is -2.23. The lowest BCUT2D eigenvalue weighted by molar-refractivity contribution is 0.0787. The molecule has 1 N–H and O–H groups in total. The van der Waals surface area contributed by atoms with Crippen molar-refractivity contribution in [1.82, 2.24) is 10.2 Å². The van der Waals surface area contributed by atoms with E-state index in [1.165, 1.54) is 29.5 Å². The number of hydrogen-bond acceptors (Lipinski definition) is 2. The van der Waals surface area contributed by atoms with E-state index in [9.17, 15) is 4.79 Å². The van der Waals surface area contributed by atoms with Crippen LogP contribution in [0.15, 0.2) is 12.1 Å². The van der Waals surface area contributed by atoms with E-state index >= 15 is 0 Å². The second-order valence-corrected chi connectivity index (χ2v) is 7.31. The van der Waals surface area contributed by atoms with Crippen molar-refractivity contribution in [3.8, 4) is 0 Å². The largest absolute Gasteiger partial charge is 0.335 e. The van der Waals surface area contributed by atoms with Crippen molar-refractivity contribution in [2.75, 3.05) is 13.1 Å². The van der Waals surface area contributed by atoms with Gasteiger partial charge in [-0.3, -0.25) is 4.79 Å². The smallest absolute Gasteiger partial charge is 0.254 e. The third-order valence-corrected chi connectivity index (χ3v) is 4.83. The Kier molecular flexibility index (Phi) is 3.56. The molecule has 0 aromatic heterocycles. The molecule has 2 aliphatic rings. The molecule has 2 aliphatic heterocycles. The van der Waals surface area contributed by atoms with E-state index in [4.69, 9.17) is 0 Å². The molecule has 3 heteroatoms. The number of rotatable bonds is 2. The Morgan fingerprint density at radius 2 is 2.10 bits per heavy atom. The van der Waals surface area contributed by atoms with Crippen LogP contribution in [0.2, 0.25) is 0 Å². The number of nitrogens with zero attached hydrogens (tertiary/aromatic N) is 1. The van der Waals surface area contributed by atoms with Crippen LogP contribution in [0.5, 0.6) is 0 Å². The third kappa shape index (κ3) is 2.48. The molecular weight excluding hydrogens is 260 g/mol. The van der Waals surface area contributed by atoms with E-state index in [1.807, 2.05) is 4.90 Å². The normalized spacial score (nSPS) is 22.0. The van der Waals surface area contributed by atoms with Crippen LogP contribution in [-0.4, -0.2) is 23.9 Å². The maximum absolute atomic E-state index is 12.6. The highest BCUT2D eigenvalue weighted by atomic mass is 16.2. The average molecular weight is 286 g/mol. The molecule has 3 rings (SSSR count). The van der Waals surface area contributed by atoms with Crippen LogP contribution in [0.4, 0.5) is 0 Å². The number of nitrogens with one attached hydrogen (secondary N) is 1. The van der Waals surface area contributed by atoms with E-state index in [1.54, 1.807) is 0 Å². The zero-order valence-corrected chi connectivity index (χ0v) is 13.6. The number of amides is 1. The molecule has 0 unspecified atom stereocenters. The molecule has 1 fully saturated rings. The van der Waals surface area contributed by atoms with Crippen molar-refractivity contribution in [3.05, 3.63) is 34.4 Å². The summed E-state index contributed by atoms with van der Waals surface area (Å²) in [6, 6.07) is 4.89. The highest BCUT2D eigenvalue weighted by molar-refractivity contribution is 5.99. The van der Waals surface area contributed by atoms with Crippen molar-refractivity contribution in [2.24, 2.45) is 0 Å². The second-order valence-electron chi connectivity index (χ2n) is 7.31. The van der Waals surface area contributed by atoms with Crippen LogP contribution in [0.3, 0.4) is 0 Å². The van der Waals surface area contributed by atoms with E-state index in [0.29, 0.717) is 6.04 Å². The maximum Gasteiger partial charge on any atom is 0.254 e. The van der Waals surface area contributed by atoms with Crippen LogP contribution in [0, 0.1) is 0 Å². The first-order valence-corrected chi connectivity index (χ1v) is 8.11. The van der Waals surface area contributed by atoms with Crippen molar-refractivity contribution >= 4 is 5.91 Å². The van der Waals surface area contributed by atoms with Gasteiger partial charge in [0, 0.05) is 24.7 Å². The summed E-state index contributed by atoms with van der Waals surface area (Å²) in [6.07, 6.45) is 2.41. The Balaban J connectivity index is 2.13. The summed E-state index contributed by atoms with van der Waals surface area (Å²) in [6.45, 7) is 11.4.